The highest BCUT2D eigenvalue weighted by Crippen LogP contribution is 2.33. The van der Waals surface area contributed by atoms with Gasteiger partial charge in [0.05, 0.1) is 11.8 Å². The lowest BCUT2D eigenvalue weighted by atomic mass is 10.3. The van der Waals surface area contributed by atoms with E-state index in [-0.39, 0.29) is 29.6 Å². The Morgan fingerprint density at radius 3 is 2.74 bits per heavy atom. The highest BCUT2D eigenvalue weighted by Gasteiger charge is 2.38. The van der Waals surface area contributed by atoms with Crippen molar-refractivity contribution in [1.29, 1.82) is 5.26 Å². The van der Waals surface area contributed by atoms with Gasteiger partial charge in [0, 0.05) is 19.0 Å². The molecule has 1 aromatic rings. The molecule has 0 saturated heterocycles. The summed E-state index contributed by atoms with van der Waals surface area (Å²) in [6.45, 7) is 0.111. The number of benzene rings is 1. The molecule has 2 N–H and O–H groups in total. The van der Waals surface area contributed by atoms with Crippen LogP contribution in [0.3, 0.4) is 0 Å². The zero-order chi connectivity index (χ0) is 14.0. The first-order chi connectivity index (χ1) is 8.96. The second-order valence-electron chi connectivity index (χ2n) is 4.44. The molecule has 102 valence electrons. The van der Waals surface area contributed by atoms with Gasteiger partial charge >= 0.3 is 0 Å². The lowest BCUT2D eigenvalue weighted by molar-refractivity contribution is 0.410. The van der Waals surface area contributed by atoms with Gasteiger partial charge in [-0.2, -0.15) is 9.57 Å². The topological polar surface area (TPSA) is 87.2 Å². The maximum absolute atomic E-state index is 13.2. The molecule has 1 aliphatic rings. The fourth-order valence-corrected chi connectivity index (χ4v) is 3.69. The average Bonchev–Trinajstić information content (AvgIpc) is 3.17. The van der Waals surface area contributed by atoms with Gasteiger partial charge in [-0.1, -0.05) is 0 Å². The molecule has 5 nitrogen and oxygen atoms in total. The molecule has 0 unspecified atom stereocenters. The highest BCUT2D eigenvalue weighted by molar-refractivity contribution is 7.89. The normalized spacial score (nSPS) is 15.4. The van der Waals surface area contributed by atoms with Crippen LogP contribution in [0.4, 0.5) is 10.1 Å². The number of nitrogens with zero attached hydrogens (tertiary/aromatic N) is 2. The first kappa shape index (κ1) is 13.8. The van der Waals surface area contributed by atoms with Crippen molar-refractivity contribution >= 4 is 15.7 Å². The molecule has 0 amide bonds. The Labute approximate surface area is 111 Å². The van der Waals surface area contributed by atoms with Crippen LogP contribution in [0, 0.1) is 17.1 Å². The molecule has 1 fully saturated rings. The lowest BCUT2D eigenvalue weighted by Gasteiger charge is -2.21. The number of hydrogen-bond donors (Lipinski definition) is 1. The van der Waals surface area contributed by atoms with Gasteiger partial charge in [0.15, 0.2) is 0 Å². The second-order valence-corrected chi connectivity index (χ2v) is 6.30. The van der Waals surface area contributed by atoms with Gasteiger partial charge in [-0.05, 0) is 31.0 Å². The Kier molecular flexibility index (Phi) is 3.73. The first-order valence-electron chi connectivity index (χ1n) is 5.90. The summed E-state index contributed by atoms with van der Waals surface area (Å²) in [5.74, 6) is -0.649. The van der Waals surface area contributed by atoms with E-state index in [0.29, 0.717) is 0 Å². The molecule has 19 heavy (non-hydrogen) atoms. The van der Waals surface area contributed by atoms with Crippen LogP contribution in [0.15, 0.2) is 23.1 Å². The summed E-state index contributed by atoms with van der Waals surface area (Å²) in [7, 11) is -3.85. The molecule has 0 aliphatic heterocycles. The summed E-state index contributed by atoms with van der Waals surface area (Å²) >= 11 is 0. The highest BCUT2D eigenvalue weighted by atomic mass is 32.2. The number of nitriles is 1. The number of sulfonamides is 1. The molecular weight excluding hydrogens is 269 g/mol. The minimum Gasteiger partial charge on any atom is -0.398 e. The van der Waals surface area contributed by atoms with E-state index >= 15 is 0 Å². The van der Waals surface area contributed by atoms with Crippen LogP contribution in [0.2, 0.25) is 0 Å². The van der Waals surface area contributed by atoms with E-state index in [0.717, 1.165) is 25.0 Å². The quantitative estimate of drug-likeness (QED) is 0.829. The molecule has 1 saturated carbocycles. The van der Waals surface area contributed by atoms with Crippen molar-refractivity contribution in [2.75, 3.05) is 12.3 Å². The number of hydrogen-bond acceptors (Lipinski definition) is 4. The molecule has 1 aliphatic carbocycles. The summed E-state index contributed by atoms with van der Waals surface area (Å²) < 4.78 is 39.4. The maximum atomic E-state index is 13.2. The van der Waals surface area contributed by atoms with Crippen LogP contribution in [0.1, 0.15) is 19.3 Å². The van der Waals surface area contributed by atoms with E-state index in [1.807, 2.05) is 6.07 Å². The lowest BCUT2D eigenvalue weighted by Crippen LogP contribution is -2.34. The van der Waals surface area contributed by atoms with Gasteiger partial charge in [0.1, 0.15) is 10.7 Å². The molecule has 0 radical (unpaired) electrons. The zero-order valence-corrected chi connectivity index (χ0v) is 11.0. The van der Waals surface area contributed by atoms with Gasteiger partial charge in [0.25, 0.3) is 0 Å². The van der Waals surface area contributed by atoms with Gasteiger partial charge in [-0.3, -0.25) is 0 Å². The van der Waals surface area contributed by atoms with Crippen molar-refractivity contribution in [2.24, 2.45) is 0 Å². The van der Waals surface area contributed by atoms with Gasteiger partial charge < -0.3 is 5.73 Å². The standard InChI is InChI=1S/C12H14FN3O2S/c13-9-2-5-11(15)12(8-9)19(17,18)16(7-1-6-14)10-3-4-10/h2,5,8,10H,1,3-4,7,15H2. The van der Waals surface area contributed by atoms with E-state index in [1.165, 1.54) is 10.4 Å². The van der Waals surface area contributed by atoms with Crippen LogP contribution in [0.5, 0.6) is 0 Å². The largest absolute Gasteiger partial charge is 0.398 e. The Morgan fingerprint density at radius 1 is 1.47 bits per heavy atom. The Balaban J connectivity index is 2.39. The predicted octanol–water partition coefficient (Wildman–Crippen LogP) is 1.47. The molecular formula is C12H14FN3O2S. The monoisotopic (exact) mass is 283 g/mol. The van der Waals surface area contributed by atoms with Crippen molar-refractivity contribution in [3.05, 3.63) is 24.0 Å². The average molecular weight is 283 g/mol. The summed E-state index contributed by atoms with van der Waals surface area (Å²) in [4.78, 5) is -0.225. The van der Waals surface area contributed by atoms with Crippen LogP contribution in [-0.4, -0.2) is 25.3 Å². The van der Waals surface area contributed by atoms with Crippen LogP contribution in [-0.2, 0) is 10.0 Å². The fourth-order valence-electron chi connectivity index (χ4n) is 1.88. The minimum absolute atomic E-state index is 0.0176. The SMILES string of the molecule is N#CCCN(C1CC1)S(=O)(=O)c1cc(F)ccc1N. The van der Waals surface area contributed by atoms with Crippen LogP contribution < -0.4 is 5.73 Å². The van der Waals surface area contributed by atoms with Crippen LogP contribution >= 0.6 is 0 Å². The summed E-state index contributed by atoms with van der Waals surface area (Å²) in [6, 6.07) is 5.10. The Bertz CT molecular complexity index is 620. The number of halogens is 1. The summed E-state index contributed by atoms with van der Waals surface area (Å²) in [5.41, 5.74) is 5.64. The van der Waals surface area contributed by atoms with E-state index in [9.17, 15) is 12.8 Å². The number of nitrogen functional groups attached to an aromatic ring is 1. The molecule has 0 aromatic heterocycles. The third-order valence-electron chi connectivity index (χ3n) is 2.96. The molecule has 0 atom stereocenters. The van der Waals surface area contributed by atoms with Gasteiger partial charge in [-0.15, -0.1) is 0 Å². The van der Waals surface area contributed by atoms with Crippen molar-refractivity contribution < 1.29 is 12.8 Å². The number of nitrogens with two attached hydrogens (primary N) is 1. The summed E-state index contributed by atoms with van der Waals surface area (Å²) in [6.07, 6.45) is 1.63. The van der Waals surface area contributed by atoms with Gasteiger partial charge in [0.2, 0.25) is 10.0 Å². The van der Waals surface area contributed by atoms with Crippen molar-refractivity contribution in [2.45, 2.75) is 30.2 Å². The third kappa shape index (κ3) is 2.85. The summed E-state index contributed by atoms with van der Waals surface area (Å²) in [5, 5.41) is 8.60. The van der Waals surface area contributed by atoms with Crippen molar-refractivity contribution in [3.63, 3.8) is 0 Å². The Hall–Kier alpha value is -1.65. The number of rotatable bonds is 5. The van der Waals surface area contributed by atoms with Crippen molar-refractivity contribution in [1.82, 2.24) is 4.31 Å². The van der Waals surface area contributed by atoms with E-state index in [1.54, 1.807) is 0 Å². The Morgan fingerprint density at radius 2 is 2.16 bits per heavy atom. The molecule has 0 spiro atoms. The fraction of sp³-hybridized carbons (Fsp3) is 0.417. The molecule has 1 aromatic carbocycles. The third-order valence-corrected chi connectivity index (χ3v) is 4.97. The zero-order valence-electron chi connectivity index (χ0n) is 10.2. The van der Waals surface area contributed by atoms with Gasteiger partial charge in [-0.25, -0.2) is 12.8 Å². The minimum atomic E-state index is -3.85. The predicted molar refractivity (Wildman–Crippen MR) is 68.0 cm³/mol. The maximum Gasteiger partial charge on any atom is 0.245 e. The number of anilines is 1. The van der Waals surface area contributed by atoms with Crippen LogP contribution in [0.25, 0.3) is 0 Å². The molecule has 2 rings (SSSR count). The smallest absolute Gasteiger partial charge is 0.245 e. The molecule has 0 bridgehead atoms. The molecule has 0 heterocycles. The van der Waals surface area contributed by atoms with E-state index in [4.69, 9.17) is 11.0 Å². The van der Waals surface area contributed by atoms with E-state index < -0.39 is 15.8 Å². The second kappa shape index (κ2) is 5.15. The van der Waals surface area contributed by atoms with E-state index in [2.05, 4.69) is 0 Å². The van der Waals surface area contributed by atoms with Crippen molar-refractivity contribution in [3.8, 4) is 6.07 Å². The molecule has 7 heteroatoms. The first-order valence-corrected chi connectivity index (χ1v) is 7.34.